The fourth-order valence-corrected chi connectivity index (χ4v) is 2.33. The van der Waals surface area contributed by atoms with Crippen LogP contribution >= 0.6 is 0 Å². The molecule has 0 bridgehead atoms. The van der Waals surface area contributed by atoms with Gasteiger partial charge in [-0.25, -0.2) is 4.21 Å². The third-order valence-electron chi connectivity index (χ3n) is 2.79. The van der Waals surface area contributed by atoms with E-state index in [9.17, 15) is 4.21 Å². The van der Waals surface area contributed by atoms with Gasteiger partial charge in [-0.1, -0.05) is 60.7 Å². The molecular weight excluding hydrogens is 266 g/mol. The quantitative estimate of drug-likeness (QED) is 0.784. The minimum Gasteiger partial charge on any atom is -0.234 e. The number of hydrogen-bond acceptors (Lipinski definition) is 1. The van der Waals surface area contributed by atoms with Crippen molar-refractivity contribution in [3.63, 3.8) is 0 Å². The number of benzene rings is 2. The van der Waals surface area contributed by atoms with Gasteiger partial charge in [0.25, 0.3) is 0 Å². The van der Waals surface area contributed by atoms with Crippen LogP contribution < -0.4 is 0 Å². The molecule has 20 heavy (non-hydrogen) atoms. The van der Waals surface area contributed by atoms with Crippen LogP contribution in [0.5, 0.6) is 0 Å². The Morgan fingerprint density at radius 2 is 1.25 bits per heavy atom. The Kier molecular flexibility index (Phi) is 4.50. The molecule has 0 aromatic heterocycles. The maximum absolute atomic E-state index is 12.3. The van der Waals surface area contributed by atoms with Crippen molar-refractivity contribution in [1.29, 1.82) is 0 Å². The summed E-state index contributed by atoms with van der Waals surface area (Å²) in [5, 5.41) is 0. The number of nitrogens with zero attached hydrogens (tertiary/aromatic N) is 1. The molecule has 0 amide bonds. The number of hydrogen-bond donors (Lipinski definition) is 0. The minimum absolute atomic E-state index is 0.366. The Balaban J connectivity index is 2.52. The van der Waals surface area contributed by atoms with Crippen LogP contribution in [-0.2, 0) is 11.0 Å². The summed E-state index contributed by atoms with van der Waals surface area (Å²) in [6.07, 6.45) is 0. The normalized spacial score (nSPS) is 12.8. The first-order valence-electron chi connectivity index (χ1n) is 6.60. The van der Waals surface area contributed by atoms with Crippen molar-refractivity contribution in [3.05, 3.63) is 71.8 Å². The average Bonchev–Trinajstić information content (AvgIpc) is 2.45. The lowest BCUT2D eigenvalue weighted by Gasteiger charge is -2.15. The second kappa shape index (κ2) is 6.14. The Morgan fingerprint density at radius 1 is 0.850 bits per heavy atom. The fourth-order valence-electron chi connectivity index (χ4n) is 1.68. The van der Waals surface area contributed by atoms with E-state index in [4.69, 9.17) is 0 Å². The van der Waals surface area contributed by atoms with Gasteiger partial charge in [0.15, 0.2) is 0 Å². The molecule has 0 aliphatic carbocycles. The fraction of sp³-hybridized carbons (Fsp3) is 0.235. The van der Waals surface area contributed by atoms with Gasteiger partial charge in [-0.3, -0.25) is 0 Å². The van der Waals surface area contributed by atoms with Gasteiger partial charge in [0, 0.05) is 11.1 Å². The lowest BCUT2D eigenvalue weighted by molar-refractivity contribution is 0.650. The first kappa shape index (κ1) is 14.7. The van der Waals surface area contributed by atoms with Gasteiger partial charge >= 0.3 is 0 Å². The monoisotopic (exact) mass is 285 g/mol. The SMILES string of the molecule is CC(C)(C)S(=O)N=C(c1ccccc1)c1ccccc1. The molecule has 0 spiro atoms. The first-order chi connectivity index (χ1) is 9.48. The second-order valence-electron chi connectivity index (χ2n) is 5.53. The van der Waals surface area contributed by atoms with E-state index in [2.05, 4.69) is 4.40 Å². The third kappa shape index (κ3) is 3.64. The van der Waals surface area contributed by atoms with E-state index in [-0.39, 0.29) is 4.75 Å². The smallest absolute Gasteiger partial charge is 0.145 e. The van der Waals surface area contributed by atoms with Crippen molar-refractivity contribution >= 4 is 16.7 Å². The lowest BCUT2D eigenvalue weighted by Crippen LogP contribution is -2.21. The zero-order valence-electron chi connectivity index (χ0n) is 12.0. The van der Waals surface area contributed by atoms with E-state index in [1.165, 1.54) is 0 Å². The highest BCUT2D eigenvalue weighted by atomic mass is 32.2. The van der Waals surface area contributed by atoms with Crippen molar-refractivity contribution < 1.29 is 4.21 Å². The maximum atomic E-state index is 12.3. The van der Waals surface area contributed by atoms with E-state index in [1.54, 1.807) is 0 Å². The molecule has 0 heterocycles. The van der Waals surface area contributed by atoms with E-state index >= 15 is 0 Å². The minimum atomic E-state index is -1.28. The van der Waals surface area contributed by atoms with E-state index in [0.29, 0.717) is 0 Å². The molecule has 104 valence electrons. The predicted octanol–water partition coefficient (Wildman–Crippen LogP) is 3.99. The van der Waals surface area contributed by atoms with Gasteiger partial charge in [-0.2, -0.15) is 4.40 Å². The topological polar surface area (TPSA) is 29.4 Å². The highest BCUT2D eigenvalue weighted by Gasteiger charge is 2.20. The van der Waals surface area contributed by atoms with Crippen LogP contribution in [-0.4, -0.2) is 14.7 Å². The second-order valence-corrected chi connectivity index (χ2v) is 7.44. The zero-order chi connectivity index (χ0) is 14.6. The van der Waals surface area contributed by atoms with Crippen molar-refractivity contribution in [1.82, 2.24) is 0 Å². The molecule has 2 aromatic rings. The molecule has 1 atom stereocenters. The molecule has 2 nitrogen and oxygen atoms in total. The lowest BCUT2D eigenvalue weighted by atomic mass is 10.0. The van der Waals surface area contributed by atoms with Crippen molar-refractivity contribution in [2.75, 3.05) is 0 Å². The van der Waals surface area contributed by atoms with Crippen LogP contribution in [0.4, 0.5) is 0 Å². The van der Waals surface area contributed by atoms with Crippen LogP contribution in [0.3, 0.4) is 0 Å². The van der Waals surface area contributed by atoms with Gasteiger partial charge in [0.2, 0.25) is 0 Å². The molecule has 3 heteroatoms. The average molecular weight is 285 g/mol. The first-order valence-corrected chi connectivity index (χ1v) is 7.71. The van der Waals surface area contributed by atoms with Gasteiger partial charge in [0.05, 0.1) is 10.5 Å². The Morgan fingerprint density at radius 3 is 1.60 bits per heavy atom. The molecule has 2 aromatic carbocycles. The predicted molar refractivity (Wildman–Crippen MR) is 86.4 cm³/mol. The van der Waals surface area contributed by atoms with E-state index in [1.807, 2.05) is 81.4 Å². The molecule has 0 N–H and O–H groups in total. The van der Waals surface area contributed by atoms with E-state index in [0.717, 1.165) is 16.8 Å². The van der Waals surface area contributed by atoms with Crippen molar-refractivity contribution in [2.24, 2.45) is 4.40 Å². The molecule has 0 saturated heterocycles. The van der Waals surface area contributed by atoms with Gasteiger partial charge in [0.1, 0.15) is 11.0 Å². The molecule has 0 radical (unpaired) electrons. The van der Waals surface area contributed by atoms with Gasteiger partial charge < -0.3 is 0 Å². The molecule has 0 aliphatic heterocycles. The van der Waals surface area contributed by atoms with Gasteiger partial charge in [-0.05, 0) is 20.8 Å². The Labute approximate surface area is 123 Å². The summed E-state index contributed by atoms with van der Waals surface area (Å²) in [6.45, 7) is 5.79. The largest absolute Gasteiger partial charge is 0.234 e. The summed E-state index contributed by atoms with van der Waals surface area (Å²) >= 11 is 0. The van der Waals surface area contributed by atoms with Crippen LogP contribution in [0.2, 0.25) is 0 Å². The Bertz CT molecular complexity index is 571. The summed E-state index contributed by atoms with van der Waals surface area (Å²) in [5.41, 5.74) is 2.74. The van der Waals surface area contributed by atoms with Crippen LogP contribution in [0, 0.1) is 0 Å². The number of rotatable bonds is 3. The summed E-state index contributed by atoms with van der Waals surface area (Å²) in [7, 11) is -1.28. The zero-order valence-corrected chi connectivity index (χ0v) is 12.9. The highest BCUT2D eigenvalue weighted by molar-refractivity contribution is 7.85. The van der Waals surface area contributed by atoms with Crippen molar-refractivity contribution in [2.45, 2.75) is 25.5 Å². The maximum Gasteiger partial charge on any atom is 0.145 e. The molecule has 2 rings (SSSR count). The summed E-state index contributed by atoms with van der Waals surface area (Å²) < 4.78 is 16.5. The molecular formula is C17H19NOS. The standard InChI is InChI=1S/C17H19NOS/c1-17(2,3)20(19)18-16(14-10-6-4-7-11-14)15-12-8-5-9-13-15/h4-13H,1-3H3. The van der Waals surface area contributed by atoms with E-state index < -0.39 is 11.0 Å². The van der Waals surface area contributed by atoms with Crippen LogP contribution in [0.1, 0.15) is 31.9 Å². The van der Waals surface area contributed by atoms with Crippen LogP contribution in [0.25, 0.3) is 0 Å². The molecule has 0 fully saturated rings. The molecule has 0 aliphatic rings. The third-order valence-corrected chi connectivity index (χ3v) is 4.19. The summed E-state index contributed by atoms with van der Waals surface area (Å²) in [5.74, 6) is 0. The van der Waals surface area contributed by atoms with Crippen LogP contribution in [0.15, 0.2) is 65.1 Å². The Hall–Kier alpha value is -1.74. The molecule has 0 saturated carbocycles. The van der Waals surface area contributed by atoms with Gasteiger partial charge in [-0.15, -0.1) is 0 Å². The summed E-state index contributed by atoms with van der Waals surface area (Å²) in [6, 6.07) is 19.8. The summed E-state index contributed by atoms with van der Waals surface area (Å²) in [4.78, 5) is 0. The highest BCUT2D eigenvalue weighted by Crippen LogP contribution is 2.17. The molecule has 1 unspecified atom stereocenters. The van der Waals surface area contributed by atoms with Crippen molar-refractivity contribution in [3.8, 4) is 0 Å².